The maximum Gasteiger partial charge on any atom is 0.226 e. The number of piperidine rings is 1. The van der Waals surface area contributed by atoms with Crippen molar-refractivity contribution in [1.82, 2.24) is 10.6 Å². The summed E-state index contributed by atoms with van der Waals surface area (Å²) >= 11 is 6.05. The summed E-state index contributed by atoms with van der Waals surface area (Å²) in [6, 6.07) is 7.72. The highest BCUT2D eigenvalue weighted by atomic mass is 35.5. The first-order chi connectivity index (χ1) is 11.4. The van der Waals surface area contributed by atoms with Gasteiger partial charge in [-0.15, -0.1) is 0 Å². The van der Waals surface area contributed by atoms with E-state index in [4.69, 9.17) is 16.3 Å². The van der Waals surface area contributed by atoms with E-state index >= 15 is 0 Å². The van der Waals surface area contributed by atoms with Crippen LogP contribution in [0.25, 0.3) is 0 Å². The van der Waals surface area contributed by atoms with Crippen LogP contribution in [0, 0.1) is 10.8 Å². The van der Waals surface area contributed by atoms with Crippen molar-refractivity contribution in [3.63, 3.8) is 0 Å². The lowest BCUT2D eigenvalue weighted by atomic mass is 9.78. The number of benzene rings is 1. The van der Waals surface area contributed by atoms with E-state index < -0.39 is 5.41 Å². The first-order valence-electron chi connectivity index (χ1n) is 8.59. The number of amides is 1. The second-order valence-electron chi connectivity index (χ2n) is 7.56. The number of ether oxygens (including phenoxy) is 1. The lowest BCUT2D eigenvalue weighted by Gasteiger charge is -2.38. The van der Waals surface area contributed by atoms with Crippen molar-refractivity contribution in [2.24, 2.45) is 10.8 Å². The van der Waals surface area contributed by atoms with Gasteiger partial charge in [0.2, 0.25) is 5.91 Å². The fraction of sp³-hybridized carbons (Fsp3) is 0.632. The topological polar surface area (TPSA) is 50.4 Å². The van der Waals surface area contributed by atoms with Crippen molar-refractivity contribution in [3.05, 3.63) is 34.9 Å². The van der Waals surface area contributed by atoms with Crippen molar-refractivity contribution >= 4 is 17.5 Å². The van der Waals surface area contributed by atoms with Gasteiger partial charge in [-0.05, 0) is 50.0 Å². The molecule has 1 amide bonds. The summed E-state index contributed by atoms with van der Waals surface area (Å²) in [6.45, 7) is 7.27. The van der Waals surface area contributed by atoms with Crippen LogP contribution >= 0.6 is 11.6 Å². The third-order valence-electron chi connectivity index (χ3n) is 4.89. The molecule has 0 bridgehead atoms. The Kier molecular flexibility index (Phi) is 6.67. The second-order valence-corrected chi connectivity index (χ2v) is 7.99. The summed E-state index contributed by atoms with van der Waals surface area (Å²) in [4.78, 5) is 12.7. The van der Waals surface area contributed by atoms with E-state index in [1.807, 2.05) is 38.1 Å². The van der Waals surface area contributed by atoms with E-state index in [0.29, 0.717) is 24.6 Å². The molecule has 0 spiro atoms. The summed E-state index contributed by atoms with van der Waals surface area (Å²) in [5.74, 6) is 0.0801. The Labute approximate surface area is 150 Å². The molecule has 24 heavy (non-hydrogen) atoms. The number of nitrogens with one attached hydrogen (secondary N) is 2. The summed E-state index contributed by atoms with van der Waals surface area (Å²) < 4.78 is 5.42. The maximum atomic E-state index is 12.7. The predicted octanol–water partition coefficient (Wildman–Crippen LogP) is 3.04. The van der Waals surface area contributed by atoms with Crippen molar-refractivity contribution in [3.8, 4) is 0 Å². The quantitative estimate of drug-likeness (QED) is 0.793. The van der Waals surface area contributed by atoms with Crippen LogP contribution in [0.4, 0.5) is 0 Å². The van der Waals surface area contributed by atoms with Gasteiger partial charge >= 0.3 is 0 Å². The van der Waals surface area contributed by atoms with Crippen molar-refractivity contribution in [1.29, 1.82) is 0 Å². The molecule has 1 saturated heterocycles. The molecule has 4 nitrogen and oxygen atoms in total. The molecule has 0 aliphatic carbocycles. The Bertz CT molecular complexity index is 549. The van der Waals surface area contributed by atoms with E-state index in [1.54, 1.807) is 7.11 Å². The zero-order valence-electron chi connectivity index (χ0n) is 15.0. The van der Waals surface area contributed by atoms with Crippen LogP contribution in [0.5, 0.6) is 0 Å². The van der Waals surface area contributed by atoms with Gasteiger partial charge < -0.3 is 15.4 Å². The molecule has 134 valence electrons. The Morgan fingerprint density at radius 1 is 1.38 bits per heavy atom. The van der Waals surface area contributed by atoms with Crippen LogP contribution in [0.1, 0.15) is 32.3 Å². The molecule has 1 aliphatic rings. The zero-order valence-corrected chi connectivity index (χ0v) is 15.7. The number of halogens is 1. The molecule has 0 unspecified atom stereocenters. The van der Waals surface area contributed by atoms with Gasteiger partial charge in [0.05, 0.1) is 6.61 Å². The maximum absolute atomic E-state index is 12.7. The average Bonchev–Trinajstić information content (AvgIpc) is 2.53. The van der Waals surface area contributed by atoms with Crippen molar-refractivity contribution in [2.45, 2.75) is 33.1 Å². The first kappa shape index (κ1) is 19.2. The van der Waals surface area contributed by atoms with Crippen LogP contribution in [0.15, 0.2) is 24.3 Å². The van der Waals surface area contributed by atoms with E-state index in [0.717, 1.165) is 31.5 Å². The van der Waals surface area contributed by atoms with E-state index in [2.05, 4.69) is 10.6 Å². The number of carbonyl (C=O) groups is 1. The summed E-state index contributed by atoms with van der Waals surface area (Å²) in [7, 11) is 1.73. The van der Waals surface area contributed by atoms with Crippen molar-refractivity contribution in [2.75, 3.05) is 33.4 Å². The summed E-state index contributed by atoms with van der Waals surface area (Å²) in [5.41, 5.74) is 0.643. The minimum Gasteiger partial charge on any atom is -0.384 e. The third-order valence-corrected chi connectivity index (χ3v) is 5.12. The van der Waals surface area contributed by atoms with E-state index in [1.165, 1.54) is 0 Å². The molecule has 1 fully saturated rings. The number of rotatable bonds is 7. The molecule has 0 atom stereocenters. The summed E-state index contributed by atoms with van der Waals surface area (Å²) in [6.07, 6.45) is 2.71. The number of methoxy groups -OCH3 is 1. The normalized spacial score (nSPS) is 17.5. The van der Waals surface area contributed by atoms with Crippen LogP contribution in [0.3, 0.4) is 0 Å². The van der Waals surface area contributed by atoms with Gasteiger partial charge in [-0.2, -0.15) is 0 Å². The minimum atomic E-state index is -0.480. The number of hydrogen-bond donors (Lipinski definition) is 2. The van der Waals surface area contributed by atoms with Gasteiger partial charge in [0, 0.05) is 29.5 Å². The molecular formula is C19H29ClN2O2. The van der Waals surface area contributed by atoms with Gasteiger partial charge in [0.15, 0.2) is 0 Å². The van der Waals surface area contributed by atoms with Gasteiger partial charge in [-0.1, -0.05) is 37.6 Å². The highest BCUT2D eigenvalue weighted by Crippen LogP contribution is 2.29. The highest BCUT2D eigenvalue weighted by molar-refractivity contribution is 6.30. The second kappa shape index (κ2) is 8.32. The molecule has 1 aromatic rings. The molecule has 0 aromatic heterocycles. The SMILES string of the molecule is COCC1(CNC(=O)C(C)(C)Cc2cccc(Cl)c2)CCNCC1. The van der Waals surface area contributed by atoms with Gasteiger partial charge in [0.1, 0.15) is 0 Å². The zero-order chi connectivity index (χ0) is 17.6. The van der Waals surface area contributed by atoms with E-state index in [-0.39, 0.29) is 11.3 Å². The Morgan fingerprint density at radius 2 is 2.08 bits per heavy atom. The molecule has 1 aliphatic heterocycles. The average molecular weight is 353 g/mol. The molecule has 2 N–H and O–H groups in total. The van der Waals surface area contributed by atoms with Crippen LogP contribution in [-0.4, -0.2) is 39.3 Å². The lowest BCUT2D eigenvalue weighted by molar-refractivity contribution is -0.130. The van der Waals surface area contributed by atoms with Gasteiger partial charge in [0.25, 0.3) is 0 Å². The van der Waals surface area contributed by atoms with Gasteiger partial charge in [-0.3, -0.25) is 4.79 Å². The highest BCUT2D eigenvalue weighted by Gasteiger charge is 2.35. The molecule has 2 rings (SSSR count). The molecular weight excluding hydrogens is 324 g/mol. The molecule has 0 radical (unpaired) electrons. The molecule has 1 heterocycles. The van der Waals surface area contributed by atoms with Crippen LogP contribution in [-0.2, 0) is 16.0 Å². The standard InChI is InChI=1S/C19H29ClN2O2/c1-18(2,12-15-5-4-6-16(20)11-15)17(23)22-13-19(14-24-3)7-9-21-10-8-19/h4-6,11,21H,7-10,12-14H2,1-3H3,(H,22,23). The Balaban J connectivity index is 1.96. The largest absolute Gasteiger partial charge is 0.384 e. The minimum absolute atomic E-state index is 0.0434. The Hall–Kier alpha value is -1.10. The molecule has 5 heteroatoms. The lowest BCUT2D eigenvalue weighted by Crippen LogP contribution is -2.49. The fourth-order valence-corrected chi connectivity index (χ4v) is 3.59. The van der Waals surface area contributed by atoms with Gasteiger partial charge in [-0.25, -0.2) is 0 Å². The van der Waals surface area contributed by atoms with Crippen LogP contribution in [0.2, 0.25) is 5.02 Å². The Morgan fingerprint density at radius 3 is 2.71 bits per heavy atom. The smallest absolute Gasteiger partial charge is 0.226 e. The van der Waals surface area contributed by atoms with Crippen molar-refractivity contribution < 1.29 is 9.53 Å². The fourth-order valence-electron chi connectivity index (χ4n) is 3.38. The predicted molar refractivity (Wildman–Crippen MR) is 98.4 cm³/mol. The van der Waals surface area contributed by atoms with E-state index in [9.17, 15) is 4.79 Å². The molecule has 0 saturated carbocycles. The monoisotopic (exact) mass is 352 g/mol. The number of hydrogen-bond acceptors (Lipinski definition) is 3. The summed E-state index contributed by atoms with van der Waals surface area (Å²) in [5, 5.41) is 7.25. The third kappa shape index (κ3) is 5.20. The first-order valence-corrected chi connectivity index (χ1v) is 8.97. The molecule has 1 aromatic carbocycles. The number of carbonyl (C=O) groups excluding carboxylic acids is 1. The van der Waals surface area contributed by atoms with Crippen LogP contribution < -0.4 is 10.6 Å².